The molecule has 0 aliphatic carbocycles. The van der Waals surface area contributed by atoms with E-state index in [4.69, 9.17) is 9.97 Å². The van der Waals surface area contributed by atoms with Gasteiger partial charge in [-0.15, -0.1) is 0 Å². The van der Waals surface area contributed by atoms with Gasteiger partial charge in [-0.2, -0.15) is 15.5 Å². The fourth-order valence-corrected chi connectivity index (χ4v) is 4.52. The van der Waals surface area contributed by atoms with E-state index in [0.29, 0.717) is 35.6 Å². The first-order chi connectivity index (χ1) is 18.1. The molecule has 0 radical (unpaired) electrons. The van der Waals surface area contributed by atoms with E-state index in [1.807, 2.05) is 30.3 Å². The fraction of sp³-hybridized carbons (Fsp3) is 0.385. The molecular formula is C26H30N10O. The van der Waals surface area contributed by atoms with Gasteiger partial charge < -0.3 is 15.1 Å². The minimum atomic E-state index is 0.0109. The monoisotopic (exact) mass is 498 g/mol. The van der Waals surface area contributed by atoms with E-state index >= 15 is 0 Å². The van der Waals surface area contributed by atoms with E-state index in [1.165, 1.54) is 0 Å². The van der Waals surface area contributed by atoms with Gasteiger partial charge in [0.2, 0.25) is 0 Å². The lowest BCUT2D eigenvalue weighted by Gasteiger charge is -2.35. The predicted molar refractivity (Wildman–Crippen MR) is 140 cm³/mol. The van der Waals surface area contributed by atoms with E-state index in [-0.39, 0.29) is 6.03 Å². The number of rotatable bonds is 7. The number of pyridine rings is 1. The number of nitrogens with one attached hydrogen (secondary N) is 1. The molecule has 1 fully saturated rings. The smallest absolute Gasteiger partial charge is 0.317 e. The van der Waals surface area contributed by atoms with E-state index in [9.17, 15) is 10.1 Å². The summed E-state index contributed by atoms with van der Waals surface area (Å²) in [6.07, 6.45) is 12.1. The Balaban J connectivity index is 1.33. The molecular weight excluding hydrogens is 468 g/mol. The second-order valence-electron chi connectivity index (χ2n) is 9.16. The summed E-state index contributed by atoms with van der Waals surface area (Å²) in [7, 11) is 1.85. The van der Waals surface area contributed by atoms with Gasteiger partial charge in [0, 0.05) is 63.3 Å². The third kappa shape index (κ3) is 5.09. The number of nitrogens with zero attached hydrogens (tertiary/aromatic N) is 9. The predicted octanol–water partition coefficient (Wildman–Crippen LogP) is 3.09. The summed E-state index contributed by atoms with van der Waals surface area (Å²) in [6.45, 7) is 5.62. The molecule has 0 saturated carbocycles. The van der Waals surface area contributed by atoms with Gasteiger partial charge in [-0.3, -0.25) is 4.68 Å². The highest BCUT2D eigenvalue weighted by molar-refractivity contribution is 5.83. The van der Waals surface area contributed by atoms with Gasteiger partial charge in [0.1, 0.15) is 23.0 Å². The first-order valence-corrected chi connectivity index (χ1v) is 12.6. The number of urea groups is 1. The van der Waals surface area contributed by atoms with Crippen LogP contribution in [0.25, 0.3) is 28.0 Å². The van der Waals surface area contributed by atoms with Crippen LogP contribution >= 0.6 is 0 Å². The van der Waals surface area contributed by atoms with Crippen molar-refractivity contribution in [2.45, 2.75) is 26.2 Å². The Bertz CT molecular complexity index is 1420. The van der Waals surface area contributed by atoms with Crippen molar-refractivity contribution in [3.05, 3.63) is 48.7 Å². The largest absolute Gasteiger partial charge is 0.353 e. The highest BCUT2D eigenvalue weighted by Gasteiger charge is 2.22. The van der Waals surface area contributed by atoms with Gasteiger partial charge in [0.15, 0.2) is 0 Å². The van der Waals surface area contributed by atoms with Crippen LogP contribution in [-0.2, 0) is 7.05 Å². The lowest BCUT2D eigenvalue weighted by atomic mass is 10.1. The van der Waals surface area contributed by atoms with Crippen LogP contribution in [0.3, 0.4) is 0 Å². The average molecular weight is 499 g/mol. The molecule has 1 aliphatic rings. The SMILES string of the molecule is CCCCCNC(=O)N1CCN(c2ccc(-c3nc(-c4cnn(C)c4)cn4ncc(C#N)c34)cn2)CC1. The molecule has 1 saturated heterocycles. The average Bonchev–Trinajstić information content (AvgIpc) is 3.56. The zero-order chi connectivity index (χ0) is 25.8. The molecule has 190 valence electrons. The number of hydrogen-bond acceptors (Lipinski definition) is 7. The summed E-state index contributed by atoms with van der Waals surface area (Å²) in [5.41, 5.74) is 4.09. The third-order valence-corrected chi connectivity index (χ3v) is 6.59. The lowest BCUT2D eigenvalue weighted by molar-refractivity contribution is 0.194. The van der Waals surface area contributed by atoms with Crippen molar-refractivity contribution in [1.82, 2.24) is 39.6 Å². The number of aryl methyl sites for hydroxylation is 1. The molecule has 11 nitrogen and oxygen atoms in total. The van der Waals surface area contributed by atoms with Crippen LogP contribution < -0.4 is 10.2 Å². The topological polar surface area (TPSA) is 120 Å². The molecule has 5 heterocycles. The van der Waals surface area contributed by atoms with Gasteiger partial charge in [0.05, 0.1) is 30.0 Å². The van der Waals surface area contributed by atoms with Crippen LogP contribution in [0.4, 0.5) is 10.6 Å². The van der Waals surface area contributed by atoms with E-state index < -0.39 is 0 Å². The Labute approximate surface area is 215 Å². The van der Waals surface area contributed by atoms with Gasteiger partial charge in [-0.05, 0) is 18.6 Å². The zero-order valence-corrected chi connectivity index (χ0v) is 21.1. The Morgan fingerprint density at radius 2 is 1.89 bits per heavy atom. The molecule has 5 rings (SSSR count). The van der Waals surface area contributed by atoms with Crippen LogP contribution in [0, 0.1) is 11.3 Å². The minimum absolute atomic E-state index is 0.0109. The number of aromatic nitrogens is 6. The maximum atomic E-state index is 12.4. The van der Waals surface area contributed by atoms with Gasteiger partial charge in [-0.1, -0.05) is 19.8 Å². The van der Waals surface area contributed by atoms with Crippen LogP contribution in [0.5, 0.6) is 0 Å². The van der Waals surface area contributed by atoms with Crippen molar-refractivity contribution in [3.8, 4) is 28.6 Å². The van der Waals surface area contributed by atoms with Crippen molar-refractivity contribution < 1.29 is 4.79 Å². The molecule has 0 unspecified atom stereocenters. The molecule has 4 aromatic rings. The standard InChI is InChI=1S/C26H30N10O/c1-3-4-5-8-28-26(37)35-11-9-34(10-12-35)23-7-6-19(14-29-23)24-25-20(13-27)15-31-36(25)18-22(32-24)21-16-30-33(2)17-21/h6-7,14-18H,3-5,8-12H2,1-2H3,(H,28,37). The molecule has 0 spiro atoms. The first-order valence-electron chi connectivity index (χ1n) is 12.6. The maximum Gasteiger partial charge on any atom is 0.317 e. The van der Waals surface area contributed by atoms with Crippen LogP contribution in [-0.4, -0.2) is 73.0 Å². The second-order valence-corrected chi connectivity index (χ2v) is 9.16. The molecule has 37 heavy (non-hydrogen) atoms. The van der Waals surface area contributed by atoms with Crippen LogP contribution in [0.1, 0.15) is 31.7 Å². The fourth-order valence-electron chi connectivity index (χ4n) is 4.52. The van der Waals surface area contributed by atoms with Gasteiger partial charge in [-0.25, -0.2) is 19.3 Å². The van der Waals surface area contributed by atoms with Crippen molar-refractivity contribution in [2.75, 3.05) is 37.6 Å². The normalized spacial score (nSPS) is 13.6. The van der Waals surface area contributed by atoms with E-state index in [2.05, 4.69) is 33.4 Å². The van der Waals surface area contributed by atoms with Crippen LogP contribution in [0.15, 0.2) is 43.1 Å². The number of carbonyl (C=O) groups is 1. The number of carbonyl (C=O) groups excluding carboxylic acids is 1. The highest BCUT2D eigenvalue weighted by Crippen LogP contribution is 2.29. The quantitative estimate of drug-likeness (QED) is 0.389. The Hall–Kier alpha value is -4.46. The number of anilines is 1. The molecule has 1 N–H and O–H groups in total. The van der Waals surface area contributed by atoms with Crippen molar-refractivity contribution >= 4 is 17.4 Å². The summed E-state index contributed by atoms with van der Waals surface area (Å²) in [5.74, 6) is 0.847. The number of fused-ring (bicyclic) bond motifs is 1. The Morgan fingerprint density at radius 3 is 2.57 bits per heavy atom. The summed E-state index contributed by atoms with van der Waals surface area (Å²) < 4.78 is 3.40. The molecule has 2 amide bonds. The molecule has 0 aromatic carbocycles. The van der Waals surface area contributed by atoms with Crippen LogP contribution in [0.2, 0.25) is 0 Å². The maximum absolute atomic E-state index is 12.4. The van der Waals surface area contributed by atoms with Crippen molar-refractivity contribution in [2.24, 2.45) is 7.05 Å². The first kappa shape index (κ1) is 24.2. The van der Waals surface area contributed by atoms with Crippen molar-refractivity contribution in [3.63, 3.8) is 0 Å². The summed E-state index contributed by atoms with van der Waals surface area (Å²) in [4.78, 5) is 26.0. The van der Waals surface area contributed by atoms with Gasteiger partial charge >= 0.3 is 6.03 Å². The number of piperazine rings is 1. The molecule has 11 heteroatoms. The van der Waals surface area contributed by atoms with Crippen molar-refractivity contribution in [1.29, 1.82) is 5.26 Å². The number of unbranched alkanes of at least 4 members (excludes halogenated alkanes) is 2. The zero-order valence-electron chi connectivity index (χ0n) is 21.1. The second kappa shape index (κ2) is 10.7. The Morgan fingerprint density at radius 1 is 1.05 bits per heavy atom. The summed E-state index contributed by atoms with van der Waals surface area (Å²) in [5, 5.41) is 21.3. The number of amides is 2. The molecule has 4 aromatic heterocycles. The lowest BCUT2D eigenvalue weighted by Crippen LogP contribution is -2.52. The highest BCUT2D eigenvalue weighted by atomic mass is 16.2. The number of hydrogen-bond donors (Lipinski definition) is 1. The number of nitriles is 1. The van der Waals surface area contributed by atoms with Gasteiger partial charge in [0.25, 0.3) is 0 Å². The Kier molecular flexibility index (Phi) is 6.98. The summed E-state index contributed by atoms with van der Waals surface area (Å²) in [6, 6.07) is 6.16. The van der Waals surface area contributed by atoms with E-state index in [0.717, 1.165) is 55.8 Å². The molecule has 1 aliphatic heterocycles. The molecule has 0 bridgehead atoms. The molecule has 0 atom stereocenters. The van der Waals surface area contributed by atoms with E-state index in [1.54, 1.807) is 34.0 Å². The third-order valence-electron chi connectivity index (χ3n) is 6.59. The summed E-state index contributed by atoms with van der Waals surface area (Å²) >= 11 is 0. The minimum Gasteiger partial charge on any atom is -0.353 e.